The number of pyridine rings is 1. The number of amides is 2. The van der Waals surface area contributed by atoms with Crippen molar-refractivity contribution >= 4 is 34.5 Å². The van der Waals surface area contributed by atoms with Crippen LogP contribution in [-0.4, -0.2) is 56.3 Å². The second kappa shape index (κ2) is 9.72. The van der Waals surface area contributed by atoms with Crippen molar-refractivity contribution < 1.29 is 19.4 Å². The van der Waals surface area contributed by atoms with E-state index in [0.717, 1.165) is 18.5 Å². The van der Waals surface area contributed by atoms with E-state index in [1.807, 2.05) is 30.3 Å². The molecule has 1 aliphatic heterocycles. The lowest BCUT2D eigenvalue weighted by molar-refractivity contribution is 0.102. The molecule has 0 spiro atoms. The van der Waals surface area contributed by atoms with Gasteiger partial charge in [-0.15, -0.1) is 0 Å². The van der Waals surface area contributed by atoms with Gasteiger partial charge in [-0.1, -0.05) is 18.2 Å². The molecule has 0 saturated carbocycles. The van der Waals surface area contributed by atoms with Crippen LogP contribution in [0.1, 0.15) is 23.2 Å². The quantitative estimate of drug-likeness (QED) is 0.323. The van der Waals surface area contributed by atoms with Crippen LogP contribution in [0.3, 0.4) is 0 Å². The number of benzene rings is 2. The summed E-state index contributed by atoms with van der Waals surface area (Å²) in [6.45, 7) is 0.913. The molecular formula is C25H24N6O4. The molecule has 10 nitrogen and oxygen atoms in total. The number of aromatic nitrogens is 3. The van der Waals surface area contributed by atoms with Gasteiger partial charge in [0.1, 0.15) is 16.9 Å². The van der Waals surface area contributed by atoms with Crippen molar-refractivity contribution in [1.82, 2.24) is 20.1 Å². The van der Waals surface area contributed by atoms with Crippen molar-refractivity contribution in [2.24, 2.45) is 0 Å². The maximum atomic E-state index is 12.5. The second-order valence-electron chi connectivity index (χ2n) is 8.26. The van der Waals surface area contributed by atoms with E-state index in [1.165, 1.54) is 4.90 Å². The number of piperidine rings is 1. The summed E-state index contributed by atoms with van der Waals surface area (Å²) in [7, 11) is 0. The summed E-state index contributed by atoms with van der Waals surface area (Å²) in [4.78, 5) is 29.6. The average Bonchev–Trinajstić information content (AvgIpc) is 3.29. The van der Waals surface area contributed by atoms with E-state index in [0.29, 0.717) is 47.0 Å². The Hall–Kier alpha value is -4.60. The molecule has 1 fully saturated rings. The number of nitrogens with one attached hydrogen (secondary N) is 3. The molecule has 0 bridgehead atoms. The van der Waals surface area contributed by atoms with Gasteiger partial charge in [0.05, 0.1) is 0 Å². The lowest BCUT2D eigenvalue weighted by atomic mass is 10.1. The Balaban J connectivity index is 1.32. The Labute approximate surface area is 200 Å². The van der Waals surface area contributed by atoms with Gasteiger partial charge in [0, 0.05) is 42.6 Å². The summed E-state index contributed by atoms with van der Waals surface area (Å²) in [5.41, 5.74) is 1.78. The zero-order valence-corrected chi connectivity index (χ0v) is 18.8. The number of aromatic amines is 1. The number of rotatable bonds is 6. The third kappa shape index (κ3) is 5.01. The van der Waals surface area contributed by atoms with Crippen LogP contribution in [0.5, 0.6) is 11.5 Å². The van der Waals surface area contributed by atoms with Crippen LogP contribution in [0.25, 0.3) is 11.0 Å². The minimum Gasteiger partial charge on any atom is -0.465 e. The van der Waals surface area contributed by atoms with E-state index >= 15 is 0 Å². The van der Waals surface area contributed by atoms with E-state index in [-0.39, 0.29) is 11.9 Å². The first-order valence-electron chi connectivity index (χ1n) is 11.3. The number of anilines is 2. The van der Waals surface area contributed by atoms with Crippen LogP contribution in [0.15, 0.2) is 66.9 Å². The van der Waals surface area contributed by atoms with E-state index in [4.69, 9.17) is 4.74 Å². The number of ether oxygens (including phenoxy) is 1. The lowest BCUT2D eigenvalue weighted by Crippen LogP contribution is -2.44. The normalized spacial score (nSPS) is 15.5. The van der Waals surface area contributed by atoms with E-state index in [1.54, 1.807) is 36.5 Å². The van der Waals surface area contributed by atoms with Gasteiger partial charge < -0.3 is 25.4 Å². The minimum atomic E-state index is -0.921. The number of hydrogen-bond acceptors (Lipinski definition) is 6. The first-order valence-corrected chi connectivity index (χ1v) is 11.3. The average molecular weight is 473 g/mol. The highest BCUT2D eigenvalue weighted by atomic mass is 16.5. The Morgan fingerprint density at radius 1 is 1.09 bits per heavy atom. The van der Waals surface area contributed by atoms with E-state index < -0.39 is 6.09 Å². The van der Waals surface area contributed by atoms with Gasteiger partial charge >= 0.3 is 6.09 Å². The van der Waals surface area contributed by atoms with Crippen LogP contribution >= 0.6 is 0 Å². The van der Waals surface area contributed by atoms with Crippen LogP contribution in [0.4, 0.5) is 16.3 Å². The van der Waals surface area contributed by atoms with E-state index in [2.05, 4.69) is 25.8 Å². The summed E-state index contributed by atoms with van der Waals surface area (Å²) in [5, 5.41) is 23.4. The number of carboxylic acid groups (broad SMARTS) is 1. The van der Waals surface area contributed by atoms with Gasteiger partial charge in [0.25, 0.3) is 5.91 Å². The molecule has 1 unspecified atom stereocenters. The molecule has 2 aromatic carbocycles. The molecule has 3 heterocycles. The number of H-pyrrole nitrogens is 1. The smallest absolute Gasteiger partial charge is 0.407 e. The van der Waals surface area contributed by atoms with Crippen molar-refractivity contribution in [2.45, 2.75) is 18.9 Å². The number of carbonyl (C=O) groups excluding carboxylic acids is 1. The highest BCUT2D eigenvalue weighted by molar-refractivity contribution is 6.04. The van der Waals surface area contributed by atoms with Gasteiger partial charge in [-0.25, -0.2) is 9.78 Å². The predicted octanol–water partition coefficient (Wildman–Crippen LogP) is 4.56. The number of carbonyl (C=O) groups is 2. The summed E-state index contributed by atoms with van der Waals surface area (Å²) in [5.74, 6) is 1.44. The first-order chi connectivity index (χ1) is 17.1. The number of hydrogen-bond donors (Lipinski definition) is 4. The molecule has 2 aromatic heterocycles. The van der Waals surface area contributed by atoms with Gasteiger partial charge in [-0.3, -0.25) is 9.89 Å². The highest BCUT2D eigenvalue weighted by Crippen LogP contribution is 2.33. The third-order valence-electron chi connectivity index (χ3n) is 5.83. The van der Waals surface area contributed by atoms with Crippen LogP contribution in [0.2, 0.25) is 0 Å². The monoisotopic (exact) mass is 472 g/mol. The van der Waals surface area contributed by atoms with Crippen molar-refractivity contribution in [3.05, 3.63) is 72.4 Å². The fourth-order valence-electron chi connectivity index (χ4n) is 4.10. The topological polar surface area (TPSA) is 132 Å². The molecule has 1 aliphatic rings. The van der Waals surface area contributed by atoms with Gasteiger partial charge in [0.15, 0.2) is 11.5 Å². The lowest BCUT2D eigenvalue weighted by Gasteiger charge is -2.31. The number of fused-ring (bicyclic) bond motifs is 1. The maximum absolute atomic E-state index is 12.5. The molecule has 178 valence electrons. The fourth-order valence-corrected chi connectivity index (χ4v) is 4.10. The van der Waals surface area contributed by atoms with Gasteiger partial charge in [0.2, 0.25) is 0 Å². The molecule has 0 radical (unpaired) electrons. The number of likely N-dealkylation sites (tertiary alicyclic amines) is 1. The van der Waals surface area contributed by atoms with E-state index in [9.17, 15) is 14.7 Å². The maximum Gasteiger partial charge on any atom is 0.407 e. The summed E-state index contributed by atoms with van der Waals surface area (Å²) in [6.07, 6.45) is 2.31. The molecule has 4 N–H and O–H groups in total. The van der Waals surface area contributed by atoms with Crippen LogP contribution in [-0.2, 0) is 0 Å². The van der Waals surface area contributed by atoms with Gasteiger partial charge in [-0.05, 0) is 49.2 Å². The molecule has 1 saturated heterocycles. The van der Waals surface area contributed by atoms with Crippen molar-refractivity contribution in [1.29, 1.82) is 0 Å². The standard InChI is InChI=1S/C25H24N6O4/c32-24(28-17-5-2-1-3-6-17)16-8-10-19(11-9-16)35-20-12-13-26-22-21(20)23(30-29-22)27-18-7-4-14-31(15-18)25(33)34/h1-3,5-6,8-13,18H,4,7,14-15H2,(H,28,32)(H,33,34)(H2,26,27,29,30). The Kier molecular flexibility index (Phi) is 6.16. The largest absolute Gasteiger partial charge is 0.465 e. The SMILES string of the molecule is O=C(Nc1ccccc1)c1ccc(Oc2ccnc3[nH]nc(NC4CCCN(C(=O)O)C4)c23)cc1. The Morgan fingerprint density at radius 2 is 1.89 bits per heavy atom. The number of nitrogens with zero attached hydrogens (tertiary/aromatic N) is 3. The molecule has 2 amide bonds. The predicted molar refractivity (Wildman–Crippen MR) is 131 cm³/mol. The molecule has 5 rings (SSSR count). The summed E-state index contributed by atoms with van der Waals surface area (Å²) < 4.78 is 6.12. The van der Waals surface area contributed by atoms with Crippen molar-refractivity contribution in [2.75, 3.05) is 23.7 Å². The fraction of sp³-hybridized carbons (Fsp3) is 0.200. The highest BCUT2D eigenvalue weighted by Gasteiger charge is 2.25. The number of para-hydroxylation sites is 1. The Bertz CT molecular complexity index is 1340. The first kappa shape index (κ1) is 22.2. The summed E-state index contributed by atoms with van der Waals surface area (Å²) in [6, 6.07) is 17.8. The molecule has 0 aliphatic carbocycles. The van der Waals surface area contributed by atoms with Crippen molar-refractivity contribution in [3.8, 4) is 11.5 Å². The summed E-state index contributed by atoms with van der Waals surface area (Å²) >= 11 is 0. The molecule has 1 atom stereocenters. The molecular weight excluding hydrogens is 448 g/mol. The van der Waals surface area contributed by atoms with Crippen LogP contribution < -0.4 is 15.4 Å². The van der Waals surface area contributed by atoms with Crippen molar-refractivity contribution in [3.63, 3.8) is 0 Å². The minimum absolute atomic E-state index is 0.0678. The zero-order chi connectivity index (χ0) is 24.2. The molecule has 4 aromatic rings. The zero-order valence-electron chi connectivity index (χ0n) is 18.8. The molecule has 35 heavy (non-hydrogen) atoms. The van der Waals surface area contributed by atoms with Crippen LogP contribution in [0, 0.1) is 0 Å². The Morgan fingerprint density at radius 3 is 2.66 bits per heavy atom. The second-order valence-corrected chi connectivity index (χ2v) is 8.26. The van der Waals surface area contributed by atoms with Gasteiger partial charge in [-0.2, -0.15) is 5.10 Å². The molecule has 10 heteroatoms. The third-order valence-corrected chi connectivity index (χ3v) is 5.83.